The lowest BCUT2D eigenvalue weighted by molar-refractivity contribution is 0.0579. The summed E-state index contributed by atoms with van der Waals surface area (Å²) in [6.07, 6.45) is 3.69. The van der Waals surface area contributed by atoms with Crippen LogP contribution in [-0.2, 0) is 0 Å². The zero-order valence-corrected chi connectivity index (χ0v) is 14.1. The Labute approximate surface area is 137 Å². The average molecular weight is 312 g/mol. The van der Waals surface area contributed by atoms with Crippen molar-refractivity contribution in [1.82, 2.24) is 9.88 Å². The van der Waals surface area contributed by atoms with Gasteiger partial charge in [0, 0.05) is 13.5 Å². The molecule has 1 aliphatic carbocycles. The van der Waals surface area contributed by atoms with Crippen LogP contribution in [0.15, 0.2) is 34.7 Å². The van der Waals surface area contributed by atoms with Gasteiger partial charge in [-0.15, -0.1) is 0 Å². The molecule has 0 aliphatic heterocycles. The molecule has 4 heteroatoms. The lowest BCUT2D eigenvalue weighted by Crippen LogP contribution is -2.39. The summed E-state index contributed by atoms with van der Waals surface area (Å²) in [7, 11) is 0. The summed E-state index contributed by atoms with van der Waals surface area (Å²) in [5.74, 6) is 1.48. The molecule has 1 amide bonds. The van der Waals surface area contributed by atoms with E-state index in [1.54, 1.807) is 6.92 Å². The molecule has 4 nitrogen and oxygen atoms in total. The predicted molar refractivity (Wildman–Crippen MR) is 89.2 cm³/mol. The molecule has 1 fully saturated rings. The topological polar surface area (TPSA) is 46.3 Å². The highest BCUT2D eigenvalue weighted by molar-refractivity contribution is 5.92. The Kier molecular flexibility index (Phi) is 4.51. The van der Waals surface area contributed by atoms with Crippen LogP contribution in [0.4, 0.5) is 0 Å². The highest BCUT2D eigenvalue weighted by atomic mass is 16.4. The van der Waals surface area contributed by atoms with Gasteiger partial charge in [-0.1, -0.05) is 36.8 Å². The first-order valence-corrected chi connectivity index (χ1v) is 8.36. The SMILES string of the molecule is Cc1nc(C)c(C(=O)N(CC2CCC2)C(C)c2ccccc2)o1. The Hall–Kier alpha value is -2.10. The molecule has 3 rings (SSSR count). The number of oxazole rings is 1. The predicted octanol–water partition coefficient (Wildman–Crippen LogP) is 4.29. The van der Waals surface area contributed by atoms with Gasteiger partial charge in [0.05, 0.1) is 11.7 Å². The number of aromatic nitrogens is 1. The maximum atomic E-state index is 13.1. The molecule has 0 saturated heterocycles. The molecule has 1 aromatic heterocycles. The number of amides is 1. The van der Waals surface area contributed by atoms with E-state index in [9.17, 15) is 4.79 Å². The van der Waals surface area contributed by atoms with Crippen molar-refractivity contribution in [1.29, 1.82) is 0 Å². The minimum absolute atomic E-state index is 0.0223. The first-order chi connectivity index (χ1) is 11.1. The van der Waals surface area contributed by atoms with Crippen molar-refractivity contribution in [3.8, 4) is 0 Å². The fraction of sp³-hybridized carbons (Fsp3) is 0.474. The average Bonchev–Trinajstić information content (AvgIpc) is 2.85. The second-order valence-electron chi connectivity index (χ2n) is 6.49. The van der Waals surface area contributed by atoms with E-state index in [2.05, 4.69) is 24.0 Å². The lowest BCUT2D eigenvalue weighted by Gasteiger charge is -2.36. The third kappa shape index (κ3) is 3.31. The maximum absolute atomic E-state index is 13.1. The van der Waals surface area contributed by atoms with E-state index in [0.717, 1.165) is 12.1 Å². The molecule has 1 aliphatic rings. The number of hydrogen-bond donors (Lipinski definition) is 0. The summed E-state index contributed by atoms with van der Waals surface area (Å²) in [5, 5.41) is 0. The summed E-state index contributed by atoms with van der Waals surface area (Å²) >= 11 is 0. The molecule has 1 heterocycles. The van der Waals surface area contributed by atoms with Crippen molar-refractivity contribution in [3.63, 3.8) is 0 Å². The normalized spacial score (nSPS) is 16.0. The molecule has 0 bridgehead atoms. The van der Waals surface area contributed by atoms with Gasteiger partial charge in [-0.25, -0.2) is 4.98 Å². The third-order valence-electron chi connectivity index (χ3n) is 4.79. The number of hydrogen-bond acceptors (Lipinski definition) is 3. The summed E-state index contributed by atoms with van der Waals surface area (Å²) in [6, 6.07) is 10.2. The quantitative estimate of drug-likeness (QED) is 0.827. The van der Waals surface area contributed by atoms with Crippen LogP contribution in [0.25, 0.3) is 0 Å². The Morgan fingerprint density at radius 3 is 2.52 bits per heavy atom. The largest absolute Gasteiger partial charge is 0.436 e. The molecule has 0 spiro atoms. The first kappa shape index (κ1) is 15.8. The molecule has 0 N–H and O–H groups in total. The summed E-state index contributed by atoms with van der Waals surface area (Å²) in [4.78, 5) is 19.3. The van der Waals surface area contributed by atoms with Gasteiger partial charge in [0.15, 0.2) is 5.89 Å². The Bertz CT molecular complexity index is 674. The van der Waals surface area contributed by atoms with Crippen LogP contribution in [0.2, 0.25) is 0 Å². The van der Waals surface area contributed by atoms with Crippen molar-refractivity contribution in [2.75, 3.05) is 6.54 Å². The number of aryl methyl sites for hydroxylation is 2. The third-order valence-corrected chi connectivity index (χ3v) is 4.79. The summed E-state index contributed by atoms with van der Waals surface area (Å²) in [5.41, 5.74) is 1.82. The second-order valence-corrected chi connectivity index (χ2v) is 6.49. The maximum Gasteiger partial charge on any atom is 0.292 e. The van der Waals surface area contributed by atoms with Gasteiger partial charge in [0.2, 0.25) is 5.76 Å². The van der Waals surface area contributed by atoms with Crippen LogP contribution in [0.1, 0.15) is 59.9 Å². The smallest absolute Gasteiger partial charge is 0.292 e. The van der Waals surface area contributed by atoms with E-state index in [4.69, 9.17) is 4.42 Å². The van der Waals surface area contributed by atoms with Crippen molar-refractivity contribution in [3.05, 3.63) is 53.2 Å². The number of rotatable bonds is 5. The molecule has 1 aromatic carbocycles. The number of nitrogens with zero attached hydrogens (tertiary/aromatic N) is 2. The van der Waals surface area contributed by atoms with Crippen LogP contribution in [0, 0.1) is 19.8 Å². The number of carbonyl (C=O) groups is 1. The highest BCUT2D eigenvalue weighted by Gasteiger charge is 2.31. The van der Waals surface area contributed by atoms with Gasteiger partial charge in [0.1, 0.15) is 0 Å². The van der Waals surface area contributed by atoms with E-state index in [0.29, 0.717) is 23.3 Å². The van der Waals surface area contributed by atoms with Crippen LogP contribution >= 0.6 is 0 Å². The molecule has 2 aromatic rings. The van der Waals surface area contributed by atoms with Crippen LogP contribution < -0.4 is 0 Å². The van der Waals surface area contributed by atoms with E-state index in [-0.39, 0.29) is 11.9 Å². The molecule has 0 radical (unpaired) electrons. The van der Waals surface area contributed by atoms with Gasteiger partial charge in [-0.3, -0.25) is 4.79 Å². The van der Waals surface area contributed by atoms with Gasteiger partial charge in [-0.2, -0.15) is 0 Å². The highest BCUT2D eigenvalue weighted by Crippen LogP contribution is 2.31. The van der Waals surface area contributed by atoms with E-state index >= 15 is 0 Å². The number of carbonyl (C=O) groups excluding carboxylic acids is 1. The minimum atomic E-state index is -0.0497. The molecule has 1 atom stereocenters. The minimum Gasteiger partial charge on any atom is -0.436 e. The molecular formula is C19H24N2O2. The van der Waals surface area contributed by atoms with Gasteiger partial charge >= 0.3 is 0 Å². The fourth-order valence-corrected chi connectivity index (χ4v) is 3.14. The van der Waals surface area contributed by atoms with Crippen molar-refractivity contribution in [2.24, 2.45) is 5.92 Å². The van der Waals surface area contributed by atoms with Gasteiger partial charge in [0.25, 0.3) is 5.91 Å². The molecule has 1 saturated carbocycles. The zero-order chi connectivity index (χ0) is 16.4. The molecular weight excluding hydrogens is 288 g/mol. The summed E-state index contributed by atoms with van der Waals surface area (Å²) < 4.78 is 5.57. The van der Waals surface area contributed by atoms with Gasteiger partial charge < -0.3 is 9.32 Å². The lowest BCUT2D eigenvalue weighted by atomic mass is 9.84. The monoisotopic (exact) mass is 312 g/mol. The fourth-order valence-electron chi connectivity index (χ4n) is 3.14. The van der Waals surface area contributed by atoms with Crippen molar-refractivity contribution >= 4 is 5.91 Å². The molecule has 122 valence electrons. The van der Waals surface area contributed by atoms with Crippen LogP contribution in [-0.4, -0.2) is 22.3 Å². The van der Waals surface area contributed by atoms with Gasteiger partial charge in [-0.05, 0) is 38.2 Å². The summed E-state index contributed by atoms with van der Waals surface area (Å²) in [6.45, 7) is 6.48. The van der Waals surface area contributed by atoms with Crippen LogP contribution in [0.5, 0.6) is 0 Å². The molecule has 23 heavy (non-hydrogen) atoms. The number of benzene rings is 1. The zero-order valence-electron chi connectivity index (χ0n) is 14.1. The van der Waals surface area contributed by atoms with E-state index in [1.165, 1.54) is 19.3 Å². The van der Waals surface area contributed by atoms with E-state index in [1.807, 2.05) is 30.0 Å². The Morgan fingerprint density at radius 2 is 2.00 bits per heavy atom. The van der Waals surface area contributed by atoms with Crippen molar-refractivity contribution < 1.29 is 9.21 Å². The van der Waals surface area contributed by atoms with Crippen molar-refractivity contribution in [2.45, 2.75) is 46.1 Å². The Morgan fingerprint density at radius 1 is 1.30 bits per heavy atom. The standard InChI is InChI=1S/C19H24N2O2/c1-13-18(23-15(3)20-13)19(22)21(12-16-8-7-9-16)14(2)17-10-5-4-6-11-17/h4-6,10-11,14,16H,7-9,12H2,1-3H3. The Balaban J connectivity index is 1.88. The molecule has 1 unspecified atom stereocenters. The van der Waals surface area contributed by atoms with Crippen LogP contribution in [0.3, 0.4) is 0 Å². The second kappa shape index (κ2) is 6.57. The first-order valence-electron chi connectivity index (χ1n) is 8.36. The van der Waals surface area contributed by atoms with E-state index < -0.39 is 0 Å².